The van der Waals surface area contributed by atoms with Crippen LogP contribution < -0.4 is 0 Å². The van der Waals surface area contributed by atoms with E-state index in [0.29, 0.717) is 18.8 Å². The van der Waals surface area contributed by atoms with Crippen LogP contribution in [0.4, 0.5) is 0 Å². The Labute approximate surface area is 126 Å². The number of nitrogens with zero attached hydrogens (tertiary/aromatic N) is 2. The maximum Gasteiger partial charge on any atom is 0.313 e. The molecule has 1 aliphatic heterocycles. The fraction of sp³-hybridized carbons (Fsp3) is 0.500. The van der Waals surface area contributed by atoms with Crippen LogP contribution in [-0.4, -0.2) is 42.0 Å². The zero-order valence-electron chi connectivity index (χ0n) is 11.7. The Balaban J connectivity index is 2.18. The first-order valence-corrected chi connectivity index (χ1v) is 7.17. The molecule has 0 saturated carbocycles. The molecule has 1 aromatic rings. The molecule has 1 saturated heterocycles. The quantitative estimate of drug-likeness (QED) is 0.773. The van der Waals surface area contributed by atoms with Crippen LogP contribution >= 0.6 is 15.9 Å². The summed E-state index contributed by atoms with van der Waals surface area (Å²) in [6, 6.07) is 3.45. The van der Waals surface area contributed by atoms with E-state index in [4.69, 9.17) is 4.74 Å². The third-order valence-corrected chi connectivity index (χ3v) is 4.46. The highest BCUT2D eigenvalue weighted by molar-refractivity contribution is 9.10. The Bertz CT molecular complexity index is 532. The van der Waals surface area contributed by atoms with Crippen molar-refractivity contribution in [3.05, 3.63) is 28.5 Å². The minimum atomic E-state index is -0.653. The lowest BCUT2D eigenvalue weighted by molar-refractivity contribution is -0.152. The highest BCUT2D eigenvalue weighted by Gasteiger charge is 2.48. The van der Waals surface area contributed by atoms with Crippen molar-refractivity contribution < 1.29 is 14.3 Å². The fourth-order valence-electron chi connectivity index (χ4n) is 2.47. The number of carbonyl (C=O) groups excluding carboxylic acids is 2. The summed E-state index contributed by atoms with van der Waals surface area (Å²) in [7, 11) is 1.38. The number of amides is 1. The highest BCUT2D eigenvalue weighted by Crippen LogP contribution is 2.37. The van der Waals surface area contributed by atoms with Crippen molar-refractivity contribution in [2.75, 3.05) is 20.2 Å². The summed E-state index contributed by atoms with van der Waals surface area (Å²) in [6.07, 6.45) is 1.59. The molecule has 0 N–H and O–H groups in total. The summed E-state index contributed by atoms with van der Waals surface area (Å²) in [6.45, 7) is 4.69. The molecule has 1 aromatic heterocycles. The third-order valence-electron chi connectivity index (χ3n) is 3.99. The lowest BCUT2D eigenvalue weighted by Crippen LogP contribution is -2.37. The van der Waals surface area contributed by atoms with Gasteiger partial charge in [0, 0.05) is 23.8 Å². The molecule has 6 heteroatoms. The predicted octanol–water partition coefficient (Wildman–Crippen LogP) is 2.12. The number of aromatic nitrogens is 1. The molecule has 1 amide bonds. The van der Waals surface area contributed by atoms with Crippen LogP contribution in [0.25, 0.3) is 0 Å². The van der Waals surface area contributed by atoms with Crippen molar-refractivity contribution in [1.82, 2.24) is 9.88 Å². The molecule has 0 unspecified atom stereocenters. The van der Waals surface area contributed by atoms with E-state index in [-0.39, 0.29) is 17.8 Å². The zero-order chi connectivity index (χ0) is 14.9. The number of halogens is 1. The van der Waals surface area contributed by atoms with Gasteiger partial charge in [0.25, 0.3) is 5.91 Å². The number of likely N-dealkylation sites (tertiary alicyclic amines) is 1. The molecule has 1 aliphatic rings. The van der Waals surface area contributed by atoms with Crippen molar-refractivity contribution in [1.29, 1.82) is 0 Å². The third kappa shape index (κ3) is 2.57. The minimum absolute atomic E-state index is 0.0503. The van der Waals surface area contributed by atoms with Gasteiger partial charge in [0.1, 0.15) is 5.69 Å². The first kappa shape index (κ1) is 15.0. The summed E-state index contributed by atoms with van der Waals surface area (Å²) in [5.74, 6) is -0.379. The first-order valence-electron chi connectivity index (χ1n) is 6.37. The minimum Gasteiger partial charge on any atom is -0.469 e. The second-order valence-corrected chi connectivity index (χ2v) is 6.27. The van der Waals surface area contributed by atoms with Crippen LogP contribution in [0.5, 0.6) is 0 Å². The van der Waals surface area contributed by atoms with Crippen LogP contribution in [0, 0.1) is 11.3 Å². The van der Waals surface area contributed by atoms with Crippen LogP contribution in [-0.2, 0) is 9.53 Å². The summed E-state index contributed by atoms with van der Waals surface area (Å²) >= 11 is 3.29. The number of methoxy groups -OCH3 is 1. The molecule has 5 nitrogen and oxygen atoms in total. The molecule has 0 spiro atoms. The SMILES string of the molecule is COC(=O)[C@]1(C)CN(C(=O)c2ccc(Br)cn2)C[C@H]1C. The van der Waals surface area contributed by atoms with Gasteiger partial charge >= 0.3 is 5.97 Å². The average molecular weight is 341 g/mol. The van der Waals surface area contributed by atoms with Crippen molar-refractivity contribution in [3.63, 3.8) is 0 Å². The second-order valence-electron chi connectivity index (χ2n) is 5.36. The van der Waals surface area contributed by atoms with E-state index >= 15 is 0 Å². The second kappa shape index (κ2) is 5.52. The Morgan fingerprint density at radius 2 is 2.20 bits per heavy atom. The predicted molar refractivity (Wildman–Crippen MR) is 77.1 cm³/mol. The molecule has 2 heterocycles. The number of rotatable bonds is 2. The lowest BCUT2D eigenvalue weighted by atomic mass is 9.81. The van der Waals surface area contributed by atoms with Gasteiger partial charge in [-0.25, -0.2) is 4.98 Å². The van der Waals surface area contributed by atoms with E-state index in [9.17, 15) is 9.59 Å². The van der Waals surface area contributed by atoms with Gasteiger partial charge in [-0.1, -0.05) is 6.92 Å². The smallest absolute Gasteiger partial charge is 0.313 e. The molecule has 20 heavy (non-hydrogen) atoms. The van der Waals surface area contributed by atoms with E-state index in [1.54, 1.807) is 23.2 Å². The monoisotopic (exact) mass is 340 g/mol. The largest absolute Gasteiger partial charge is 0.469 e. The van der Waals surface area contributed by atoms with Crippen molar-refractivity contribution in [3.8, 4) is 0 Å². The van der Waals surface area contributed by atoms with Gasteiger partial charge in [0.2, 0.25) is 0 Å². The van der Waals surface area contributed by atoms with Crippen LogP contribution in [0.3, 0.4) is 0 Å². The fourth-order valence-corrected chi connectivity index (χ4v) is 2.70. The van der Waals surface area contributed by atoms with Crippen molar-refractivity contribution in [2.24, 2.45) is 11.3 Å². The molecular formula is C14H17BrN2O3. The number of ether oxygens (including phenoxy) is 1. The molecule has 2 rings (SSSR count). The molecule has 108 valence electrons. The van der Waals surface area contributed by atoms with E-state index in [2.05, 4.69) is 20.9 Å². The van der Waals surface area contributed by atoms with Gasteiger partial charge in [-0.05, 0) is 40.9 Å². The Hall–Kier alpha value is -1.43. The number of hydrogen-bond donors (Lipinski definition) is 0. The Kier molecular flexibility index (Phi) is 4.13. The lowest BCUT2D eigenvalue weighted by Gasteiger charge is -2.24. The Morgan fingerprint density at radius 3 is 2.75 bits per heavy atom. The zero-order valence-corrected chi connectivity index (χ0v) is 13.3. The van der Waals surface area contributed by atoms with Crippen molar-refractivity contribution >= 4 is 27.8 Å². The summed E-state index contributed by atoms with van der Waals surface area (Å²) < 4.78 is 5.68. The van der Waals surface area contributed by atoms with Gasteiger partial charge < -0.3 is 9.64 Å². The number of pyridine rings is 1. The van der Waals surface area contributed by atoms with Gasteiger partial charge in [-0.3, -0.25) is 9.59 Å². The molecule has 0 radical (unpaired) electrons. The highest BCUT2D eigenvalue weighted by atomic mass is 79.9. The molecular weight excluding hydrogens is 324 g/mol. The van der Waals surface area contributed by atoms with Crippen molar-refractivity contribution in [2.45, 2.75) is 13.8 Å². The van der Waals surface area contributed by atoms with Gasteiger partial charge in [0.05, 0.1) is 12.5 Å². The normalized spacial score (nSPS) is 25.6. The number of esters is 1. The summed E-state index contributed by atoms with van der Waals surface area (Å²) in [5, 5.41) is 0. The molecule has 2 atom stereocenters. The van der Waals surface area contributed by atoms with E-state index in [1.807, 2.05) is 13.8 Å². The first-order chi connectivity index (χ1) is 9.38. The van der Waals surface area contributed by atoms with Gasteiger partial charge in [-0.2, -0.15) is 0 Å². The topological polar surface area (TPSA) is 59.5 Å². The molecule has 0 aromatic carbocycles. The van der Waals surface area contributed by atoms with Crippen LogP contribution in [0.15, 0.2) is 22.8 Å². The maximum absolute atomic E-state index is 12.4. The van der Waals surface area contributed by atoms with E-state index in [1.165, 1.54) is 7.11 Å². The van der Waals surface area contributed by atoms with Crippen LogP contribution in [0.1, 0.15) is 24.3 Å². The standard InChI is InChI=1S/C14H17BrN2O3/c1-9-7-17(8-14(9,2)13(19)20-3)12(18)11-5-4-10(15)6-16-11/h4-6,9H,7-8H2,1-3H3/t9-,14-/m1/s1. The summed E-state index contributed by atoms with van der Waals surface area (Å²) in [5.41, 5.74) is -0.269. The molecule has 0 bridgehead atoms. The molecule has 0 aliphatic carbocycles. The van der Waals surface area contributed by atoms with Gasteiger partial charge in [0.15, 0.2) is 0 Å². The Morgan fingerprint density at radius 1 is 1.50 bits per heavy atom. The van der Waals surface area contributed by atoms with Crippen LogP contribution in [0.2, 0.25) is 0 Å². The average Bonchev–Trinajstić information content (AvgIpc) is 2.75. The maximum atomic E-state index is 12.4. The van der Waals surface area contributed by atoms with E-state index in [0.717, 1.165) is 4.47 Å². The molecule has 1 fully saturated rings. The number of carbonyl (C=O) groups is 2. The van der Waals surface area contributed by atoms with E-state index < -0.39 is 5.41 Å². The summed E-state index contributed by atoms with van der Waals surface area (Å²) in [4.78, 5) is 30.1. The van der Waals surface area contributed by atoms with Gasteiger partial charge in [-0.15, -0.1) is 0 Å². The number of hydrogen-bond acceptors (Lipinski definition) is 4.